The van der Waals surface area contributed by atoms with Crippen molar-refractivity contribution in [2.45, 2.75) is 13.8 Å². The molecule has 0 radical (unpaired) electrons. The monoisotopic (exact) mass is 284 g/mol. The van der Waals surface area contributed by atoms with Crippen molar-refractivity contribution >= 4 is 23.0 Å². The first-order valence-electron chi connectivity index (χ1n) is 6.89. The summed E-state index contributed by atoms with van der Waals surface area (Å²) in [6.45, 7) is 4.92. The molecule has 0 aliphatic carbocycles. The highest BCUT2D eigenvalue weighted by molar-refractivity contribution is 5.96. The Morgan fingerprint density at radius 3 is 2.57 bits per heavy atom. The number of nitrogens with two attached hydrogens (primary N) is 1. The summed E-state index contributed by atoms with van der Waals surface area (Å²) < 4.78 is 4.78. The number of benzene rings is 2. The van der Waals surface area contributed by atoms with Gasteiger partial charge in [-0.2, -0.15) is 0 Å². The topological polar surface area (TPSA) is 55.6 Å². The van der Waals surface area contributed by atoms with Crippen molar-refractivity contribution in [3.05, 3.63) is 53.6 Å². The summed E-state index contributed by atoms with van der Waals surface area (Å²) in [6, 6.07) is 13.6. The molecule has 2 aromatic rings. The molecule has 0 saturated heterocycles. The van der Waals surface area contributed by atoms with Gasteiger partial charge in [-0.25, -0.2) is 4.79 Å². The fourth-order valence-electron chi connectivity index (χ4n) is 2.36. The number of hydrogen-bond donors (Lipinski definition) is 1. The van der Waals surface area contributed by atoms with Crippen LogP contribution >= 0.6 is 0 Å². The summed E-state index contributed by atoms with van der Waals surface area (Å²) in [4.78, 5) is 13.9. The van der Waals surface area contributed by atoms with E-state index in [0.29, 0.717) is 11.3 Å². The second kappa shape index (κ2) is 6.31. The Hall–Kier alpha value is -2.49. The lowest BCUT2D eigenvalue weighted by Gasteiger charge is -2.25. The summed E-state index contributed by atoms with van der Waals surface area (Å²) in [5, 5.41) is 0. The van der Waals surface area contributed by atoms with Gasteiger partial charge in [0.25, 0.3) is 0 Å². The molecule has 0 amide bonds. The zero-order valence-corrected chi connectivity index (χ0v) is 12.6. The highest BCUT2D eigenvalue weighted by atomic mass is 16.5. The number of rotatable bonds is 4. The third-order valence-electron chi connectivity index (χ3n) is 3.48. The number of nitrogens with zero attached hydrogens (tertiary/aromatic N) is 1. The number of carbonyl (C=O) groups excluding carboxylic acids is 1. The minimum Gasteiger partial charge on any atom is -0.465 e. The first-order valence-corrected chi connectivity index (χ1v) is 6.89. The lowest BCUT2D eigenvalue weighted by molar-refractivity contribution is 0.0602. The molecule has 4 nitrogen and oxygen atoms in total. The van der Waals surface area contributed by atoms with Crippen LogP contribution in [0.25, 0.3) is 0 Å². The molecule has 21 heavy (non-hydrogen) atoms. The summed E-state index contributed by atoms with van der Waals surface area (Å²) in [7, 11) is 1.35. The predicted octanol–water partition coefficient (Wildman–Crippen LogP) is 3.52. The van der Waals surface area contributed by atoms with E-state index in [1.165, 1.54) is 12.7 Å². The van der Waals surface area contributed by atoms with Gasteiger partial charge in [0.05, 0.1) is 12.7 Å². The zero-order valence-electron chi connectivity index (χ0n) is 12.6. The van der Waals surface area contributed by atoms with Gasteiger partial charge in [0.1, 0.15) is 0 Å². The number of hydrogen-bond acceptors (Lipinski definition) is 4. The first kappa shape index (κ1) is 14.9. The molecule has 0 saturated carbocycles. The number of anilines is 3. The quantitative estimate of drug-likeness (QED) is 0.689. The summed E-state index contributed by atoms with van der Waals surface area (Å²) >= 11 is 0. The van der Waals surface area contributed by atoms with Crippen molar-refractivity contribution in [3.63, 3.8) is 0 Å². The molecule has 0 bridgehead atoms. The Morgan fingerprint density at radius 2 is 1.95 bits per heavy atom. The van der Waals surface area contributed by atoms with Crippen LogP contribution in [0.5, 0.6) is 0 Å². The molecular weight excluding hydrogens is 264 g/mol. The van der Waals surface area contributed by atoms with E-state index in [0.717, 1.165) is 17.9 Å². The van der Waals surface area contributed by atoms with Crippen LogP contribution in [0.15, 0.2) is 42.5 Å². The Labute approximate surface area is 125 Å². The van der Waals surface area contributed by atoms with E-state index >= 15 is 0 Å². The maximum atomic E-state index is 11.8. The van der Waals surface area contributed by atoms with E-state index in [2.05, 4.69) is 30.9 Å². The van der Waals surface area contributed by atoms with E-state index < -0.39 is 5.97 Å². The second-order valence-corrected chi connectivity index (χ2v) is 4.79. The van der Waals surface area contributed by atoms with Gasteiger partial charge in [-0.3, -0.25) is 0 Å². The van der Waals surface area contributed by atoms with E-state index in [9.17, 15) is 4.79 Å². The second-order valence-electron chi connectivity index (χ2n) is 4.79. The minimum atomic E-state index is -0.421. The highest BCUT2D eigenvalue weighted by Crippen LogP contribution is 2.30. The van der Waals surface area contributed by atoms with Crippen LogP contribution in [0, 0.1) is 6.92 Å². The first-order chi connectivity index (χ1) is 10.1. The molecule has 0 aliphatic rings. The number of para-hydroxylation sites is 1. The van der Waals surface area contributed by atoms with Gasteiger partial charge < -0.3 is 15.4 Å². The standard InChI is InChI=1S/C17H20N2O2/c1-4-19(16-8-6-5-7-12(16)2)13-9-10-15(18)14(11-13)17(20)21-3/h5-11H,4,18H2,1-3H3. The van der Waals surface area contributed by atoms with Crippen LogP contribution in [0.1, 0.15) is 22.8 Å². The average Bonchev–Trinajstić information content (AvgIpc) is 2.50. The molecule has 4 heteroatoms. The maximum absolute atomic E-state index is 11.8. The van der Waals surface area contributed by atoms with Crippen LogP contribution in [0.4, 0.5) is 17.1 Å². The van der Waals surface area contributed by atoms with Gasteiger partial charge >= 0.3 is 5.97 Å². The molecule has 0 unspecified atom stereocenters. The molecule has 0 aliphatic heterocycles. The largest absolute Gasteiger partial charge is 0.465 e. The lowest BCUT2D eigenvalue weighted by atomic mass is 10.1. The summed E-state index contributed by atoms with van der Waals surface area (Å²) in [5.74, 6) is -0.421. The van der Waals surface area contributed by atoms with Crippen LogP contribution < -0.4 is 10.6 Å². The Kier molecular flexibility index (Phi) is 4.48. The molecule has 0 atom stereocenters. The molecule has 0 spiro atoms. The Bertz CT molecular complexity index is 653. The molecule has 0 aromatic heterocycles. The normalized spacial score (nSPS) is 10.2. The van der Waals surface area contributed by atoms with E-state index in [1.54, 1.807) is 12.1 Å². The van der Waals surface area contributed by atoms with Crippen LogP contribution in [0.2, 0.25) is 0 Å². The molecule has 0 heterocycles. The third-order valence-corrected chi connectivity index (χ3v) is 3.48. The molecule has 110 valence electrons. The minimum absolute atomic E-state index is 0.391. The number of ether oxygens (including phenoxy) is 1. The average molecular weight is 284 g/mol. The van der Waals surface area contributed by atoms with Crippen LogP contribution in [-0.2, 0) is 4.74 Å². The van der Waals surface area contributed by atoms with Gasteiger partial charge in [-0.1, -0.05) is 18.2 Å². The van der Waals surface area contributed by atoms with Crippen molar-refractivity contribution in [2.75, 3.05) is 24.3 Å². The molecule has 0 fully saturated rings. The molecular formula is C17H20N2O2. The van der Waals surface area contributed by atoms with Crippen LogP contribution in [-0.4, -0.2) is 19.6 Å². The van der Waals surface area contributed by atoms with Crippen molar-refractivity contribution in [2.24, 2.45) is 0 Å². The summed E-state index contributed by atoms with van der Waals surface area (Å²) in [5.41, 5.74) is 9.88. The highest BCUT2D eigenvalue weighted by Gasteiger charge is 2.15. The maximum Gasteiger partial charge on any atom is 0.340 e. The Balaban J connectivity index is 2.49. The van der Waals surface area contributed by atoms with Crippen molar-refractivity contribution in [1.82, 2.24) is 0 Å². The number of aryl methyl sites for hydroxylation is 1. The van der Waals surface area contributed by atoms with E-state index in [-0.39, 0.29) is 0 Å². The van der Waals surface area contributed by atoms with Gasteiger partial charge in [0.2, 0.25) is 0 Å². The van der Waals surface area contributed by atoms with Crippen molar-refractivity contribution in [1.29, 1.82) is 0 Å². The zero-order chi connectivity index (χ0) is 15.4. The fraction of sp³-hybridized carbons (Fsp3) is 0.235. The molecule has 2 rings (SSSR count). The predicted molar refractivity (Wildman–Crippen MR) is 86.1 cm³/mol. The van der Waals surface area contributed by atoms with Gasteiger partial charge in [0.15, 0.2) is 0 Å². The summed E-state index contributed by atoms with van der Waals surface area (Å²) in [6.07, 6.45) is 0. The number of esters is 1. The number of carbonyl (C=O) groups is 1. The van der Waals surface area contributed by atoms with Crippen molar-refractivity contribution < 1.29 is 9.53 Å². The third kappa shape index (κ3) is 2.99. The number of methoxy groups -OCH3 is 1. The van der Waals surface area contributed by atoms with Gasteiger partial charge in [-0.15, -0.1) is 0 Å². The SMILES string of the molecule is CCN(c1ccc(N)c(C(=O)OC)c1)c1ccccc1C. The van der Waals surface area contributed by atoms with Gasteiger partial charge in [0, 0.05) is 23.6 Å². The fourth-order valence-corrected chi connectivity index (χ4v) is 2.36. The smallest absolute Gasteiger partial charge is 0.340 e. The van der Waals surface area contributed by atoms with E-state index in [1.807, 2.05) is 18.2 Å². The van der Waals surface area contributed by atoms with E-state index in [4.69, 9.17) is 10.5 Å². The number of nitrogen functional groups attached to an aromatic ring is 1. The van der Waals surface area contributed by atoms with Crippen LogP contribution in [0.3, 0.4) is 0 Å². The molecule has 2 N–H and O–H groups in total. The molecule has 2 aromatic carbocycles. The van der Waals surface area contributed by atoms with Gasteiger partial charge in [-0.05, 0) is 43.7 Å². The lowest BCUT2D eigenvalue weighted by Crippen LogP contribution is -2.18. The Morgan fingerprint density at radius 1 is 1.24 bits per heavy atom. The van der Waals surface area contributed by atoms with Crippen molar-refractivity contribution in [3.8, 4) is 0 Å².